The van der Waals surface area contributed by atoms with Crippen molar-refractivity contribution in [3.8, 4) is 0 Å². The van der Waals surface area contributed by atoms with Gasteiger partial charge in [0.2, 0.25) is 0 Å². The standard InChI is InChI=1S/C23H26F2N4O2.C2H6/c1-2-3-18(25)17(12-24)20-9-8-19(26)22(28-20)23(31)29-21-13-27-11-10-16(21)14-4-6-15(30)7-5-14;1-2/h2-3,8-11,13-15,30H,4-7,12,26H2,1H3,(H,29,31);1-2H3/b3-2-,18-17-;. The minimum absolute atomic E-state index is 0.00475. The molecule has 0 spiro atoms. The molecule has 0 saturated heterocycles. The average Bonchev–Trinajstić information content (AvgIpc) is 2.83. The largest absolute Gasteiger partial charge is 0.397 e. The minimum Gasteiger partial charge on any atom is -0.397 e. The van der Waals surface area contributed by atoms with Crippen molar-refractivity contribution in [2.75, 3.05) is 17.7 Å². The van der Waals surface area contributed by atoms with E-state index in [1.54, 1.807) is 19.3 Å². The van der Waals surface area contributed by atoms with Crippen LogP contribution >= 0.6 is 0 Å². The molecule has 1 amide bonds. The van der Waals surface area contributed by atoms with Gasteiger partial charge >= 0.3 is 0 Å². The Morgan fingerprint density at radius 3 is 2.58 bits per heavy atom. The zero-order valence-electron chi connectivity index (χ0n) is 19.3. The van der Waals surface area contributed by atoms with Gasteiger partial charge in [-0.25, -0.2) is 13.8 Å². The number of nitrogens with one attached hydrogen (secondary N) is 1. The topological polar surface area (TPSA) is 101 Å². The molecule has 8 heteroatoms. The summed E-state index contributed by atoms with van der Waals surface area (Å²) in [4.78, 5) is 21.2. The summed E-state index contributed by atoms with van der Waals surface area (Å²) in [6, 6.07) is 4.64. The molecule has 4 N–H and O–H groups in total. The second-order valence-corrected chi connectivity index (χ2v) is 7.52. The number of amides is 1. The van der Waals surface area contributed by atoms with Crippen LogP contribution in [0.1, 0.15) is 74.1 Å². The first-order valence-electron chi connectivity index (χ1n) is 11.2. The summed E-state index contributed by atoms with van der Waals surface area (Å²) in [5, 5.41) is 12.6. The van der Waals surface area contributed by atoms with Crippen molar-refractivity contribution < 1.29 is 18.7 Å². The van der Waals surface area contributed by atoms with Gasteiger partial charge in [0, 0.05) is 11.8 Å². The number of pyridine rings is 2. The van der Waals surface area contributed by atoms with E-state index in [0.717, 1.165) is 24.5 Å². The Bertz CT molecular complexity index is 1000. The number of nitrogens with two attached hydrogens (primary N) is 1. The predicted octanol–water partition coefficient (Wildman–Crippen LogP) is 5.58. The molecule has 0 atom stereocenters. The van der Waals surface area contributed by atoms with Crippen molar-refractivity contribution in [3.05, 3.63) is 65.5 Å². The molecule has 2 aromatic heterocycles. The molecule has 0 aromatic carbocycles. The van der Waals surface area contributed by atoms with E-state index in [0.29, 0.717) is 18.5 Å². The van der Waals surface area contributed by atoms with Gasteiger partial charge in [0.05, 0.1) is 29.4 Å². The molecule has 0 aliphatic heterocycles. The van der Waals surface area contributed by atoms with Crippen molar-refractivity contribution in [1.82, 2.24) is 9.97 Å². The zero-order chi connectivity index (χ0) is 24.4. The van der Waals surface area contributed by atoms with Gasteiger partial charge < -0.3 is 16.2 Å². The number of carbonyl (C=O) groups excluding carboxylic acids is 1. The molecule has 1 aliphatic carbocycles. The summed E-state index contributed by atoms with van der Waals surface area (Å²) < 4.78 is 27.6. The number of rotatable bonds is 6. The van der Waals surface area contributed by atoms with Crippen LogP contribution in [0, 0.1) is 0 Å². The first-order valence-corrected chi connectivity index (χ1v) is 11.2. The molecule has 0 radical (unpaired) electrons. The summed E-state index contributed by atoms with van der Waals surface area (Å²) in [7, 11) is 0. The number of hydrogen-bond donors (Lipinski definition) is 3. The lowest BCUT2D eigenvalue weighted by Gasteiger charge is -2.27. The molecule has 0 bridgehead atoms. The van der Waals surface area contributed by atoms with E-state index >= 15 is 0 Å². The number of nitrogens with zero attached hydrogens (tertiary/aromatic N) is 2. The highest BCUT2D eigenvalue weighted by molar-refractivity contribution is 6.06. The Balaban J connectivity index is 0.00000187. The lowest BCUT2D eigenvalue weighted by atomic mass is 9.82. The molecule has 0 unspecified atom stereocenters. The summed E-state index contributed by atoms with van der Waals surface area (Å²) in [5.74, 6) is -1.16. The van der Waals surface area contributed by atoms with Crippen LogP contribution in [0.5, 0.6) is 0 Å². The Hall–Kier alpha value is -3.13. The molecule has 1 saturated carbocycles. The van der Waals surface area contributed by atoms with Gasteiger partial charge in [0.1, 0.15) is 12.5 Å². The van der Waals surface area contributed by atoms with Gasteiger partial charge in [-0.05, 0) is 68.4 Å². The van der Waals surface area contributed by atoms with Crippen LogP contribution in [-0.2, 0) is 0 Å². The normalized spacial score (nSPS) is 18.8. The second-order valence-electron chi connectivity index (χ2n) is 7.52. The number of aromatic nitrogens is 2. The van der Waals surface area contributed by atoms with Crippen molar-refractivity contribution >= 4 is 22.9 Å². The van der Waals surface area contributed by atoms with Gasteiger partial charge in [0.25, 0.3) is 5.91 Å². The van der Waals surface area contributed by atoms with Gasteiger partial charge in [-0.2, -0.15) is 0 Å². The van der Waals surface area contributed by atoms with Crippen molar-refractivity contribution in [2.24, 2.45) is 0 Å². The van der Waals surface area contributed by atoms with Crippen LogP contribution in [0.2, 0.25) is 0 Å². The smallest absolute Gasteiger partial charge is 0.276 e. The van der Waals surface area contributed by atoms with Gasteiger partial charge in [0.15, 0.2) is 5.69 Å². The van der Waals surface area contributed by atoms with Gasteiger partial charge in [-0.3, -0.25) is 9.78 Å². The molecule has 1 fully saturated rings. The number of hydrogen-bond acceptors (Lipinski definition) is 5. The third-order valence-electron chi connectivity index (χ3n) is 5.43. The molecule has 6 nitrogen and oxygen atoms in total. The van der Waals surface area contributed by atoms with Crippen molar-refractivity contribution in [2.45, 2.75) is 58.5 Å². The number of allylic oxidation sites excluding steroid dienone is 4. The summed E-state index contributed by atoms with van der Waals surface area (Å²) in [6.07, 6.45) is 8.52. The molecule has 33 heavy (non-hydrogen) atoms. The van der Waals surface area contributed by atoms with E-state index in [2.05, 4.69) is 15.3 Å². The molecule has 2 heterocycles. The zero-order valence-corrected chi connectivity index (χ0v) is 19.3. The fourth-order valence-electron chi connectivity index (χ4n) is 3.76. The lowest BCUT2D eigenvalue weighted by molar-refractivity contribution is 0.102. The third-order valence-corrected chi connectivity index (χ3v) is 5.43. The van der Waals surface area contributed by atoms with E-state index < -0.39 is 18.4 Å². The molecular weight excluding hydrogens is 426 g/mol. The quantitative estimate of drug-likeness (QED) is 0.491. The molecule has 3 rings (SSSR count). The highest BCUT2D eigenvalue weighted by Crippen LogP contribution is 2.36. The van der Waals surface area contributed by atoms with E-state index in [1.807, 2.05) is 19.9 Å². The summed E-state index contributed by atoms with van der Waals surface area (Å²) >= 11 is 0. The highest BCUT2D eigenvalue weighted by atomic mass is 19.1. The van der Waals surface area contributed by atoms with Crippen LogP contribution in [0.4, 0.5) is 20.2 Å². The van der Waals surface area contributed by atoms with E-state index in [-0.39, 0.29) is 34.7 Å². The predicted molar refractivity (Wildman–Crippen MR) is 128 cm³/mol. The number of alkyl halides is 1. The first-order chi connectivity index (χ1) is 15.9. The first kappa shape index (κ1) is 26.1. The fraction of sp³-hybridized carbons (Fsp3) is 0.400. The maximum atomic E-state index is 14.2. The number of aliphatic hydroxyl groups excluding tert-OH is 1. The lowest BCUT2D eigenvalue weighted by Crippen LogP contribution is -2.21. The maximum absolute atomic E-state index is 14.2. The van der Waals surface area contributed by atoms with Crippen LogP contribution < -0.4 is 11.1 Å². The van der Waals surface area contributed by atoms with E-state index in [4.69, 9.17) is 5.73 Å². The van der Waals surface area contributed by atoms with Crippen LogP contribution in [-0.4, -0.2) is 33.8 Å². The Morgan fingerprint density at radius 2 is 1.94 bits per heavy atom. The highest BCUT2D eigenvalue weighted by Gasteiger charge is 2.24. The van der Waals surface area contributed by atoms with Crippen molar-refractivity contribution in [1.29, 1.82) is 0 Å². The van der Waals surface area contributed by atoms with Gasteiger partial charge in [-0.15, -0.1) is 0 Å². The Morgan fingerprint density at radius 1 is 1.24 bits per heavy atom. The van der Waals surface area contributed by atoms with Crippen LogP contribution in [0.25, 0.3) is 5.57 Å². The third kappa shape index (κ3) is 6.68. The van der Waals surface area contributed by atoms with E-state index in [1.165, 1.54) is 18.2 Å². The average molecular weight is 459 g/mol. The summed E-state index contributed by atoms with van der Waals surface area (Å²) in [6.45, 7) is 4.54. The number of halogens is 2. The maximum Gasteiger partial charge on any atom is 0.276 e. The number of carbonyl (C=O) groups is 1. The SMILES string of the molecule is C/C=C\C(F)=C(/CF)c1ccc(N)c(C(=O)Nc2cnccc2C2CCC(O)CC2)n1.CC. The second kappa shape index (κ2) is 12.8. The molecule has 1 aliphatic rings. The monoisotopic (exact) mass is 458 g/mol. The minimum atomic E-state index is -1.07. The molecule has 178 valence electrons. The molecule has 2 aromatic rings. The Kier molecular flexibility index (Phi) is 10.1. The van der Waals surface area contributed by atoms with Crippen LogP contribution in [0.3, 0.4) is 0 Å². The Labute approximate surface area is 193 Å². The number of nitrogen functional groups attached to an aromatic ring is 1. The van der Waals surface area contributed by atoms with Gasteiger partial charge in [-0.1, -0.05) is 19.9 Å². The molecular formula is C25H32F2N4O2. The summed E-state index contributed by atoms with van der Waals surface area (Å²) in [5.41, 5.74) is 7.11. The van der Waals surface area contributed by atoms with Crippen molar-refractivity contribution in [3.63, 3.8) is 0 Å². The number of anilines is 2. The number of aliphatic hydroxyl groups is 1. The fourth-order valence-corrected chi connectivity index (χ4v) is 3.76. The van der Waals surface area contributed by atoms with Crippen LogP contribution in [0.15, 0.2) is 48.6 Å². The van der Waals surface area contributed by atoms with E-state index in [9.17, 15) is 18.7 Å².